The van der Waals surface area contributed by atoms with Gasteiger partial charge in [-0.3, -0.25) is 9.79 Å². The summed E-state index contributed by atoms with van der Waals surface area (Å²) in [5.41, 5.74) is 5.39. The summed E-state index contributed by atoms with van der Waals surface area (Å²) in [7, 11) is 1.65. The molecule has 4 nitrogen and oxygen atoms in total. The van der Waals surface area contributed by atoms with E-state index in [1.165, 1.54) is 12.1 Å². The Morgan fingerprint density at radius 1 is 1.46 bits per heavy atom. The summed E-state index contributed by atoms with van der Waals surface area (Å²) in [6, 6.07) is 4.67. The minimum Gasteiger partial charge on any atom is -0.335 e. The third-order valence-electron chi connectivity index (χ3n) is 4.18. The van der Waals surface area contributed by atoms with Crippen LogP contribution in [0.5, 0.6) is 0 Å². The topological polar surface area (TPSA) is 58.7 Å². The van der Waals surface area contributed by atoms with Gasteiger partial charge in [0.1, 0.15) is 0 Å². The number of amides is 1. The predicted octanol–water partition coefficient (Wildman–Crippen LogP) is 2.66. The standard InChI is InChI=1S/C17H22F3N3O/c1-22-11-14-6-4-8-23(14)16(24)10-13(21)9-12-5-2-3-7-15(12)17(18,19)20/h2-3,5,7,11,13-14H,4,6,8-10,21H2,1H3/t13-,14+/m1/s1. The molecule has 1 amide bonds. The molecule has 1 aromatic carbocycles. The van der Waals surface area contributed by atoms with E-state index in [9.17, 15) is 18.0 Å². The van der Waals surface area contributed by atoms with E-state index in [2.05, 4.69) is 4.99 Å². The number of benzene rings is 1. The Morgan fingerprint density at radius 3 is 2.83 bits per heavy atom. The highest BCUT2D eigenvalue weighted by Crippen LogP contribution is 2.32. The van der Waals surface area contributed by atoms with Crippen molar-refractivity contribution in [3.05, 3.63) is 35.4 Å². The van der Waals surface area contributed by atoms with Crippen LogP contribution in [0.15, 0.2) is 29.3 Å². The van der Waals surface area contributed by atoms with Gasteiger partial charge in [0.15, 0.2) is 0 Å². The normalized spacial score (nSPS) is 19.9. The molecule has 1 aliphatic heterocycles. The van der Waals surface area contributed by atoms with Gasteiger partial charge in [0.05, 0.1) is 11.6 Å². The van der Waals surface area contributed by atoms with Gasteiger partial charge in [-0.25, -0.2) is 0 Å². The first kappa shape index (κ1) is 18.4. The zero-order chi connectivity index (χ0) is 17.7. The Hall–Kier alpha value is -1.89. The van der Waals surface area contributed by atoms with Crippen molar-refractivity contribution in [3.8, 4) is 0 Å². The Morgan fingerprint density at radius 2 is 2.17 bits per heavy atom. The molecule has 1 aromatic rings. The molecule has 2 atom stereocenters. The second-order valence-corrected chi connectivity index (χ2v) is 6.03. The highest BCUT2D eigenvalue weighted by atomic mass is 19.4. The van der Waals surface area contributed by atoms with Crippen molar-refractivity contribution in [3.63, 3.8) is 0 Å². The maximum Gasteiger partial charge on any atom is 0.416 e. The van der Waals surface area contributed by atoms with E-state index in [1.54, 1.807) is 24.2 Å². The van der Waals surface area contributed by atoms with E-state index in [1.807, 2.05) is 0 Å². The molecule has 0 saturated carbocycles. The second-order valence-electron chi connectivity index (χ2n) is 6.03. The molecule has 1 fully saturated rings. The van der Waals surface area contributed by atoms with Crippen LogP contribution in [0.3, 0.4) is 0 Å². The van der Waals surface area contributed by atoms with E-state index < -0.39 is 17.8 Å². The molecule has 132 valence electrons. The Balaban J connectivity index is 2.01. The predicted molar refractivity (Wildman–Crippen MR) is 86.9 cm³/mol. The van der Waals surface area contributed by atoms with Gasteiger partial charge in [-0.1, -0.05) is 18.2 Å². The van der Waals surface area contributed by atoms with E-state index in [0.29, 0.717) is 6.54 Å². The molecule has 0 unspecified atom stereocenters. The van der Waals surface area contributed by atoms with Crippen molar-refractivity contribution >= 4 is 12.1 Å². The summed E-state index contributed by atoms with van der Waals surface area (Å²) in [5, 5.41) is 0. The molecular formula is C17H22F3N3O. The number of aliphatic imine (C=N–C) groups is 1. The number of hydrogen-bond donors (Lipinski definition) is 1. The molecule has 0 bridgehead atoms. The number of carbonyl (C=O) groups excluding carboxylic acids is 1. The van der Waals surface area contributed by atoms with Gasteiger partial charge in [0.25, 0.3) is 0 Å². The van der Waals surface area contributed by atoms with Gasteiger partial charge in [0, 0.05) is 32.3 Å². The van der Waals surface area contributed by atoms with Crippen molar-refractivity contribution in [1.29, 1.82) is 0 Å². The van der Waals surface area contributed by atoms with E-state index in [0.717, 1.165) is 18.9 Å². The van der Waals surface area contributed by atoms with Crippen LogP contribution >= 0.6 is 0 Å². The molecule has 2 rings (SSSR count). The van der Waals surface area contributed by atoms with Crippen molar-refractivity contribution in [1.82, 2.24) is 4.90 Å². The number of halogens is 3. The van der Waals surface area contributed by atoms with E-state index in [4.69, 9.17) is 5.73 Å². The maximum atomic E-state index is 13.0. The molecular weight excluding hydrogens is 319 g/mol. The van der Waals surface area contributed by atoms with Gasteiger partial charge < -0.3 is 10.6 Å². The summed E-state index contributed by atoms with van der Waals surface area (Å²) in [6.45, 7) is 0.640. The average Bonchev–Trinajstić information content (AvgIpc) is 2.95. The Kier molecular flexibility index (Phi) is 5.99. The maximum absolute atomic E-state index is 13.0. The molecule has 0 radical (unpaired) electrons. The van der Waals surface area contributed by atoms with Crippen molar-refractivity contribution in [2.75, 3.05) is 13.6 Å². The zero-order valence-corrected chi connectivity index (χ0v) is 13.6. The third-order valence-corrected chi connectivity index (χ3v) is 4.18. The smallest absolute Gasteiger partial charge is 0.335 e. The Labute approximate surface area is 139 Å². The zero-order valence-electron chi connectivity index (χ0n) is 13.6. The second kappa shape index (κ2) is 7.79. The average molecular weight is 341 g/mol. The first-order valence-corrected chi connectivity index (χ1v) is 7.95. The van der Waals surface area contributed by atoms with Gasteiger partial charge in [0.2, 0.25) is 5.91 Å². The summed E-state index contributed by atoms with van der Waals surface area (Å²) >= 11 is 0. The van der Waals surface area contributed by atoms with Crippen LogP contribution < -0.4 is 5.73 Å². The fourth-order valence-electron chi connectivity index (χ4n) is 3.10. The number of likely N-dealkylation sites (tertiary alicyclic amines) is 1. The minimum atomic E-state index is -4.42. The number of hydrogen-bond acceptors (Lipinski definition) is 3. The molecule has 0 aromatic heterocycles. The lowest BCUT2D eigenvalue weighted by Gasteiger charge is -2.24. The van der Waals surface area contributed by atoms with E-state index in [-0.39, 0.29) is 30.4 Å². The highest BCUT2D eigenvalue weighted by Gasteiger charge is 2.34. The van der Waals surface area contributed by atoms with Crippen molar-refractivity contribution < 1.29 is 18.0 Å². The summed E-state index contributed by atoms with van der Waals surface area (Å²) in [4.78, 5) is 18.0. The monoisotopic (exact) mass is 341 g/mol. The molecule has 0 aliphatic carbocycles. The number of rotatable bonds is 5. The number of nitrogens with zero attached hydrogens (tertiary/aromatic N) is 2. The van der Waals surface area contributed by atoms with Crippen LogP contribution in [0, 0.1) is 0 Å². The molecule has 1 heterocycles. The molecule has 7 heteroatoms. The van der Waals surface area contributed by atoms with Crippen molar-refractivity contribution in [2.24, 2.45) is 10.7 Å². The Bertz CT molecular complexity index is 601. The number of carbonyl (C=O) groups is 1. The lowest BCUT2D eigenvalue weighted by atomic mass is 9.98. The largest absolute Gasteiger partial charge is 0.416 e. The third kappa shape index (κ3) is 4.56. The van der Waals surface area contributed by atoms with Gasteiger partial charge in [-0.15, -0.1) is 0 Å². The lowest BCUT2D eigenvalue weighted by molar-refractivity contribution is -0.138. The summed E-state index contributed by atoms with van der Waals surface area (Å²) < 4.78 is 39.0. The van der Waals surface area contributed by atoms with Gasteiger partial charge in [-0.2, -0.15) is 13.2 Å². The summed E-state index contributed by atoms with van der Waals surface area (Å²) in [6.07, 6.45) is -0.890. The van der Waals surface area contributed by atoms with E-state index >= 15 is 0 Å². The first-order valence-electron chi connectivity index (χ1n) is 7.95. The van der Waals surface area contributed by atoms with Crippen LogP contribution in [-0.2, 0) is 17.4 Å². The van der Waals surface area contributed by atoms with Crippen LogP contribution in [-0.4, -0.2) is 42.7 Å². The molecule has 1 aliphatic rings. The quantitative estimate of drug-likeness (QED) is 0.837. The van der Waals surface area contributed by atoms with Crippen LogP contribution in [0.1, 0.15) is 30.4 Å². The highest BCUT2D eigenvalue weighted by molar-refractivity contribution is 5.81. The minimum absolute atomic E-state index is 0.0157. The molecule has 1 saturated heterocycles. The van der Waals surface area contributed by atoms with Crippen molar-refractivity contribution in [2.45, 2.75) is 43.9 Å². The summed E-state index contributed by atoms with van der Waals surface area (Å²) in [5.74, 6) is -0.130. The fourth-order valence-corrected chi connectivity index (χ4v) is 3.10. The molecule has 2 N–H and O–H groups in total. The molecule has 0 spiro atoms. The first-order chi connectivity index (χ1) is 11.3. The molecule has 24 heavy (non-hydrogen) atoms. The SMILES string of the molecule is CN=C[C@@H]1CCCN1C(=O)C[C@H](N)Cc1ccccc1C(F)(F)F. The van der Waals surface area contributed by atoms with Gasteiger partial charge >= 0.3 is 6.18 Å². The fraction of sp³-hybridized carbons (Fsp3) is 0.529. The van der Waals surface area contributed by atoms with Crippen LogP contribution in [0.25, 0.3) is 0 Å². The lowest BCUT2D eigenvalue weighted by Crippen LogP contribution is -2.40. The van der Waals surface area contributed by atoms with Crippen LogP contribution in [0.2, 0.25) is 0 Å². The van der Waals surface area contributed by atoms with Gasteiger partial charge in [-0.05, 0) is 30.9 Å². The number of alkyl halides is 3. The number of nitrogens with two attached hydrogens (primary N) is 1. The van der Waals surface area contributed by atoms with Crippen LogP contribution in [0.4, 0.5) is 13.2 Å².